The van der Waals surface area contributed by atoms with E-state index >= 15 is 0 Å². The summed E-state index contributed by atoms with van der Waals surface area (Å²) in [5.74, 6) is 0.462. The molecule has 0 bridgehead atoms. The van der Waals surface area contributed by atoms with Crippen LogP contribution < -0.4 is 5.32 Å². The molecule has 0 aromatic carbocycles. The molecule has 1 N–H and O–H groups in total. The van der Waals surface area contributed by atoms with Crippen molar-refractivity contribution < 1.29 is 4.79 Å². The molecule has 2 saturated heterocycles. The monoisotopic (exact) mass is 321 g/mol. The highest BCUT2D eigenvalue weighted by molar-refractivity contribution is 5.84. The maximum absolute atomic E-state index is 12.7. The van der Waals surface area contributed by atoms with Crippen LogP contribution in [0.25, 0.3) is 0 Å². The molecule has 0 aromatic heterocycles. The highest BCUT2D eigenvalue weighted by atomic mass is 16.2. The van der Waals surface area contributed by atoms with Crippen molar-refractivity contribution in [3.8, 4) is 0 Å². The Morgan fingerprint density at radius 3 is 2.17 bits per heavy atom. The molecule has 2 heterocycles. The number of hydrogen-bond acceptors (Lipinski definition) is 3. The summed E-state index contributed by atoms with van der Waals surface area (Å²) < 4.78 is 0. The smallest absolute Gasteiger partial charge is 0.224 e. The van der Waals surface area contributed by atoms with Gasteiger partial charge in [-0.1, -0.05) is 27.7 Å². The van der Waals surface area contributed by atoms with Gasteiger partial charge in [-0.05, 0) is 63.2 Å². The average Bonchev–Trinajstić information content (AvgIpc) is 2.89. The maximum atomic E-state index is 12.7. The van der Waals surface area contributed by atoms with E-state index in [1.54, 1.807) is 0 Å². The summed E-state index contributed by atoms with van der Waals surface area (Å²) in [5.41, 5.74) is 0.277. The van der Waals surface area contributed by atoms with E-state index in [4.69, 9.17) is 0 Å². The van der Waals surface area contributed by atoms with Crippen LogP contribution in [-0.2, 0) is 4.79 Å². The summed E-state index contributed by atoms with van der Waals surface area (Å²) in [4.78, 5) is 17.8. The van der Waals surface area contributed by atoms with E-state index < -0.39 is 0 Å². The van der Waals surface area contributed by atoms with Crippen LogP contribution in [0.15, 0.2) is 0 Å². The van der Waals surface area contributed by atoms with Crippen LogP contribution in [0.2, 0.25) is 0 Å². The summed E-state index contributed by atoms with van der Waals surface area (Å²) in [5, 5.41) is 3.38. The fourth-order valence-corrected chi connectivity index (χ4v) is 4.95. The first kappa shape index (κ1) is 17.2. The Hall–Kier alpha value is -0.610. The molecule has 0 aromatic rings. The van der Waals surface area contributed by atoms with Gasteiger partial charge in [0.15, 0.2) is 0 Å². The van der Waals surface area contributed by atoms with E-state index in [-0.39, 0.29) is 22.7 Å². The highest BCUT2D eigenvalue weighted by Gasteiger charge is 2.68. The quantitative estimate of drug-likeness (QED) is 0.867. The lowest BCUT2D eigenvalue weighted by Gasteiger charge is -2.41. The van der Waals surface area contributed by atoms with Crippen molar-refractivity contribution in [2.24, 2.45) is 16.7 Å². The molecule has 0 unspecified atom stereocenters. The Morgan fingerprint density at radius 2 is 1.61 bits per heavy atom. The first-order valence-electron chi connectivity index (χ1n) is 9.46. The number of likely N-dealkylation sites (tertiary alicyclic amines) is 2. The number of carbonyl (C=O) groups is 1. The van der Waals surface area contributed by atoms with Gasteiger partial charge in [0.2, 0.25) is 5.91 Å². The lowest BCUT2D eigenvalue weighted by atomic mass is 9.98. The van der Waals surface area contributed by atoms with Gasteiger partial charge in [0.1, 0.15) is 0 Å². The van der Waals surface area contributed by atoms with Gasteiger partial charge in [0.05, 0.1) is 0 Å². The SMILES string of the molecule is CN1CCC(N2CCC[C@H](NC(=O)C3C(C)(C)C3(C)C)C2)CC1. The molecule has 132 valence electrons. The third-order valence-corrected chi connectivity index (χ3v) is 7.29. The van der Waals surface area contributed by atoms with E-state index in [0.717, 1.165) is 19.0 Å². The molecule has 3 rings (SSSR count). The van der Waals surface area contributed by atoms with Crippen LogP contribution in [0.1, 0.15) is 53.4 Å². The van der Waals surface area contributed by atoms with E-state index in [0.29, 0.717) is 6.04 Å². The molecule has 1 atom stereocenters. The van der Waals surface area contributed by atoms with Crippen molar-refractivity contribution >= 4 is 5.91 Å². The van der Waals surface area contributed by atoms with Crippen molar-refractivity contribution in [3.63, 3.8) is 0 Å². The Bertz CT molecular complexity index is 438. The summed E-state index contributed by atoms with van der Waals surface area (Å²) >= 11 is 0. The number of rotatable bonds is 3. The molecular weight excluding hydrogens is 286 g/mol. The van der Waals surface area contributed by atoms with Crippen LogP contribution >= 0.6 is 0 Å². The summed E-state index contributed by atoms with van der Waals surface area (Å²) in [6.45, 7) is 13.6. The van der Waals surface area contributed by atoms with Gasteiger partial charge in [0, 0.05) is 24.5 Å². The molecule has 1 amide bonds. The number of amides is 1. The Kier molecular flexibility index (Phi) is 4.52. The van der Waals surface area contributed by atoms with Crippen molar-refractivity contribution in [3.05, 3.63) is 0 Å². The Balaban J connectivity index is 1.52. The third-order valence-electron chi connectivity index (χ3n) is 7.29. The molecular formula is C19H35N3O. The van der Waals surface area contributed by atoms with Gasteiger partial charge in [-0.15, -0.1) is 0 Å². The summed E-state index contributed by atoms with van der Waals surface area (Å²) in [6.07, 6.45) is 4.91. The molecule has 0 radical (unpaired) electrons. The van der Waals surface area contributed by atoms with Crippen molar-refractivity contribution in [1.82, 2.24) is 15.1 Å². The van der Waals surface area contributed by atoms with Crippen molar-refractivity contribution in [1.29, 1.82) is 0 Å². The van der Waals surface area contributed by atoms with Crippen LogP contribution in [0.5, 0.6) is 0 Å². The molecule has 1 aliphatic carbocycles. The molecule has 3 fully saturated rings. The number of piperidine rings is 2. The standard InChI is InChI=1S/C19H35N3O/c1-18(2)16(19(18,3)4)17(23)20-14-7-6-10-22(13-14)15-8-11-21(5)12-9-15/h14-16H,6-13H2,1-5H3,(H,20,23)/t14-/m0/s1. The fraction of sp³-hybridized carbons (Fsp3) is 0.947. The predicted octanol–water partition coefficient (Wildman–Crippen LogP) is 2.34. The second-order valence-electron chi connectivity index (χ2n) is 9.25. The van der Waals surface area contributed by atoms with Crippen LogP contribution in [-0.4, -0.2) is 61.0 Å². The largest absolute Gasteiger partial charge is 0.352 e. The van der Waals surface area contributed by atoms with E-state index in [9.17, 15) is 4.79 Å². The predicted molar refractivity (Wildman–Crippen MR) is 94.3 cm³/mol. The number of nitrogens with zero attached hydrogens (tertiary/aromatic N) is 2. The molecule has 4 nitrogen and oxygen atoms in total. The zero-order valence-electron chi connectivity index (χ0n) is 15.7. The Morgan fingerprint density at radius 1 is 1.00 bits per heavy atom. The number of carbonyl (C=O) groups excluding carboxylic acids is 1. The van der Waals surface area contributed by atoms with Crippen molar-refractivity contribution in [2.75, 3.05) is 33.2 Å². The van der Waals surface area contributed by atoms with Crippen LogP contribution in [0.4, 0.5) is 0 Å². The minimum absolute atomic E-state index is 0.138. The second-order valence-corrected chi connectivity index (χ2v) is 9.25. The zero-order valence-corrected chi connectivity index (χ0v) is 15.7. The van der Waals surface area contributed by atoms with Gasteiger partial charge < -0.3 is 10.2 Å². The molecule has 1 saturated carbocycles. The van der Waals surface area contributed by atoms with Crippen LogP contribution in [0.3, 0.4) is 0 Å². The van der Waals surface area contributed by atoms with Crippen molar-refractivity contribution in [2.45, 2.75) is 65.5 Å². The maximum Gasteiger partial charge on any atom is 0.224 e. The highest BCUT2D eigenvalue weighted by Crippen LogP contribution is 2.68. The number of hydrogen-bond donors (Lipinski definition) is 1. The van der Waals surface area contributed by atoms with E-state index in [2.05, 4.69) is 49.9 Å². The lowest BCUT2D eigenvalue weighted by molar-refractivity contribution is -0.124. The Labute approximate surface area is 142 Å². The van der Waals surface area contributed by atoms with Gasteiger partial charge in [-0.25, -0.2) is 0 Å². The first-order valence-corrected chi connectivity index (χ1v) is 9.46. The van der Waals surface area contributed by atoms with E-state index in [1.165, 1.54) is 38.9 Å². The molecule has 3 aliphatic rings. The zero-order chi connectivity index (χ0) is 16.8. The van der Waals surface area contributed by atoms with E-state index in [1.807, 2.05) is 0 Å². The summed E-state index contributed by atoms with van der Waals surface area (Å²) in [6, 6.07) is 1.07. The third kappa shape index (κ3) is 3.17. The molecule has 0 spiro atoms. The first-order chi connectivity index (χ1) is 10.7. The normalized spacial score (nSPS) is 32.7. The average molecular weight is 322 g/mol. The molecule has 23 heavy (non-hydrogen) atoms. The summed E-state index contributed by atoms with van der Waals surface area (Å²) in [7, 11) is 2.22. The van der Waals surface area contributed by atoms with Gasteiger partial charge in [-0.3, -0.25) is 9.69 Å². The molecule has 4 heteroatoms. The van der Waals surface area contributed by atoms with Gasteiger partial charge in [-0.2, -0.15) is 0 Å². The topological polar surface area (TPSA) is 35.6 Å². The number of nitrogens with one attached hydrogen (secondary N) is 1. The fourth-order valence-electron chi connectivity index (χ4n) is 4.95. The van der Waals surface area contributed by atoms with Crippen LogP contribution in [0, 0.1) is 16.7 Å². The lowest BCUT2D eigenvalue weighted by Crippen LogP contribution is -2.53. The molecule has 2 aliphatic heterocycles. The minimum atomic E-state index is 0.138. The second kappa shape index (κ2) is 6.03. The minimum Gasteiger partial charge on any atom is -0.352 e. The van der Waals surface area contributed by atoms with Gasteiger partial charge >= 0.3 is 0 Å². The van der Waals surface area contributed by atoms with Gasteiger partial charge in [0.25, 0.3) is 0 Å².